The average Bonchev–Trinajstić information content (AvgIpc) is 3.08. The van der Waals surface area contributed by atoms with Gasteiger partial charge in [-0.05, 0) is 42.4 Å². The Morgan fingerprint density at radius 3 is 2.48 bits per heavy atom. The van der Waals surface area contributed by atoms with Gasteiger partial charge in [0.15, 0.2) is 0 Å². The van der Waals surface area contributed by atoms with Crippen LogP contribution in [0.25, 0.3) is 5.69 Å². The SMILES string of the molecule is O=[N+]([O-])c1cc(C(F)(F)F)ccc1Sc1nnc(CCCO)n1-c1ccccc1. The molecule has 11 heteroatoms. The van der Waals surface area contributed by atoms with Crippen LogP contribution in [0.1, 0.15) is 17.8 Å². The lowest BCUT2D eigenvalue weighted by Crippen LogP contribution is -2.06. The number of halogens is 3. The summed E-state index contributed by atoms with van der Waals surface area (Å²) in [6.07, 6.45) is -3.83. The van der Waals surface area contributed by atoms with E-state index >= 15 is 0 Å². The zero-order chi connectivity index (χ0) is 21.0. The highest BCUT2D eigenvalue weighted by molar-refractivity contribution is 7.99. The molecule has 2 aromatic carbocycles. The third-order valence-corrected chi connectivity index (χ3v) is 4.97. The van der Waals surface area contributed by atoms with E-state index in [2.05, 4.69) is 10.2 Å². The third kappa shape index (κ3) is 4.74. The molecule has 1 aromatic heterocycles. The molecule has 29 heavy (non-hydrogen) atoms. The number of alkyl halides is 3. The van der Waals surface area contributed by atoms with Crippen LogP contribution in [0, 0.1) is 10.1 Å². The lowest BCUT2D eigenvalue weighted by Gasteiger charge is -2.11. The Kier molecular flexibility index (Phi) is 6.18. The molecule has 0 unspecified atom stereocenters. The predicted molar refractivity (Wildman–Crippen MR) is 99.0 cm³/mol. The molecule has 1 heterocycles. The summed E-state index contributed by atoms with van der Waals surface area (Å²) < 4.78 is 40.4. The molecule has 3 rings (SSSR count). The van der Waals surface area contributed by atoms with Gasteiger partial charge < -0.3 is 5.11 Å². The van der Waals surface area contributed by atoms with Gasteiger partial charge in [0.05, 0.1) is 15.4 Å². The molecule has 0 aliphatic heterocycles. The van der Waals surface area contributed by atoms with Gasteiger partial charge in [-0.25, -0.2) is 0 Å². The fraction of sp³-hybridized carbons (Fsp3) is 0.222. The first-order valence-electron chi connectivity index (χ1n) is 8.45. The van der Waals surface area contributed by atoms with E-state index in [4.69, 9.17) is 5.11 Å². The van der Waals surface area contributed by atoms with Crippen LogP contribution < -0.4 is 0 Å². The predicted octanol–water partition coefficient (Wildman–Crippen LogP) is 4.27. The van der Waals surface area contributed by atoms with Gasteiger partial charge in [0, 0.05) is 24.8 Å². The van der Waals surface area contributed by atoms with Gasteiger partial charge in [0.25, 0.3) is 5.69 Å². The molecule has 0 radical (unpaired) electrons. The van der Waals surface area contributed by atoms with Crippen LogP contribution in [-0.4, -0.2) is 31.4 Å². The molecule has 3 aromatic rings. The molecular formula is C18H15F3N4O3S. The molecule has 152 valence electrons. The molecule has 0 amide bonds. The van der Waals surface area contributed by atoms with Crippen molar-refractivity contribution >= 4 is 17.4 Å². The van der Waals surface area contributed by atoms with Crippen molar-refractivity contribution in [3.63, 3.8) is 0 Å². The zero-order valence-corrected chi connectivity index (χ0v) is 15.7. The smallest absolute Gasteiger partial charge is 0.396 e. The minimum absolute atomic E-state index is 0.0151. The number of aryl methyl sites for hydroxylation is 1. The highest BCUT2D eigenvalue weighted by Gasteiger charge is 2.33. The Hall–Kier alpha value is -2.92. The summed E-state index contributed by atoms with van der Waals surface area (Å²) in [5.41, 5.74) is -1.06. The minimum atomic E-state index is -4.69. The summed E-state index contributed by atoms with van der Waals surface area (Å²) >= 11 is 0.855. The number of nitro groups is 1. The van der Waals surface area contributed by atoms with Crippen molar-refractivity contribution in [2.24, 2.45) is 0 Å². The van der Waals surface area contributed by atoms with Crippen molar-refractivity contribution in [2.45, 2.75) is 29.1 Å². The molecule has 0 spiro atoms. The number of nitro benzene ring substituents is 1. The number of aliphatic hydroxyl groups is 1. The first-order chi connectivity index (χ1) is 13.8. The van der Waals surface area contributed by atoms with Crippen LogP contribution >= 0.6 is 11.8 Å². The normalized spacial score (nSPS) is 11.6. The molecule has 0 saturated heterocycles. The molecule has 0 aliphatic carbocycles. The number of hydrogen-bond donors (Lipinski definition) is 1. The second kappa shape index (κ2) is 8.62. The van der Waals surface area contributed by atoms with Crippen molar-refractivity contribution in [3.05, 3.63) is 70.0 Å². The van der Waals surface area contributed by atoms with Gasteiger partial charge in [-0.2, -0.15) is 13.2 Å². The van der Waals surface area contributed by atoms with Crippen molar-refractivity contribution in [2.75, 3.05) is 6.61 Å². The van der Waals surface area contributed by atoms with Crippen molar-refractivity contribution < 1.29 is 23.2 Å². The summed E-state index contributed by atoms with van der Waals surface area (Å²) in [6.45, 7) is -0.0471. The standard InChI is InChI=1S/C18H15F3N4O3S/c19-18(20,21)12-8-9-15(14(11-12)25(27)28)29-17-23-22-16(7-4-10-26)24(17)13-5-2-1-3-6-13/h1-3,5-6,8-9,11,26H,4,7,10H2. The number of nitrogens with zero attached hydrogens (tertiary/aromatic N) is 4. The van der Waals surface area contributed by atoms with Crippen molar-refractivity contribution in [1.82, 2.24) is 14.8 Å². The van der Waals surface area contributed by atoms with E-state index in [1.54, 1.807) is 28.8 Å². The Labute approximate surface area is 167 Å². The fourth-order valence-electron chi connectivity index (χ4n) is 2.62. The fourth-order valence-corrected chi connectivity index (χ4v) is 3.58. The van der Waals surface area contributed by atoms with E-state index in [-0.39, 0.29) is 16.7 Å². The second-order valence-corrected chi connectivity index (χ2v) is 6.95. The van der Waals surface area contributed by atoms with Gasteiger partial charge in [-0.15, -0.1) is 10.2 Å². The third-order valence-electron chi connectivity index (χ3n) is 3.96. The van der Waals surface area contributed by atoms with E-state index in [1.807, 2.05) is 6.07 Å². The number of aliphatic hydroxyl groups excluding tert-OH is 1. The zero-order valence-electron chi connectivity index (χ0n) is 14.8. The quantitative estimate of drug-likeness (QED) is 0.450. The van der Waals surface area contributed by atoms with Crippen molar-refractivity contribution in [1.29, 1.82) is 0 Å². The first-order valence-corrected chi connectivity index (χ1v) is 9.27. The van der Waals surface area contributed by atoms with Crippen LogP contribution in [0.5, 0.6) is 0 Å². The van der Waals surface area contributed by atoms with Gasteiger partial charge in [0.1, 0.15) is 5.82 Å². The number of benzene rings is 2. The Morgan fingerprint density at radius 1 is 1.14 bits per heavy atom. The molecular weight excluding hydrogens is 409 g/mol. The van der Waals surface area contributed by atoms with E-state index in [9.17, 15) is 23.3 Å². The minimum Gasteiger partial charge on any atom is -0.396 e. The van der Waals surface area contributed by atoms with Gasteiger partial charge in [-0.3, -0.25) is 14.7 Å². The highest BCUT2D eigenvalue weighted by Crippen LogP contribution is 2.39. The monoisotopic (exact) mass is 424 g/mol. The molecule has 0 bridgehead atoms. The topological polar surface area (TPSA) is 94.1 Å². The first kappa shape index (κ1) is 20.8. The Bertz CT molecular complexity index is 1010. The maximum Gasteiger partial charge on any atom is 0.416 e. The highest BCUT2D eigenvalue weighted by atomic mass is 32.2. The number of hydrogen-bond acceptors (Lipinski definition) is 6. The molecule has 0 atom stereocenters. The summed E-state index contributed by atoms with van der Waals surface area (Å²) in [4.78, 5) is 10.5. The average molecular weight is 424 g/mol. The summed E-state index contributed by atoms with van der Waals surface area (Å²) in [6, 6.07) is 11.3. The van der Waals surface area contributed by atoms with Crippen molar-refractivity contribution in [3.8, 4) is 5.69 Å². The van der Waals surface area contributed by atoms with E-state index in [0.717, 1.165) is 23.9 Å². The Balaban J connectivity index is 2.04. The molecule has 0 saturated carbocycles. The molecule has 7 nitrogen and oxygen atoms in total. The second-order valence-electron chi connectivity index (χ2n) is 5.94. The van der Waals surface area contributed by atoms with Crippen LogP contribution in [0.4, 0.5) is 18.9 Å². The van der Waals surface area contributed by atoms with E-state index < -0.39 is 22.4 Å². The van der Waals surface area contributed by atoms with Crippen LogP contribution in [0.3, 0.4) is 0 Å². The summed E-state index contributed by atoms with van der Waals surface area (Å²) in [7, 11) is 0. The maximum atomic E-state index is 12.9. The van der Waals surface area contributed by atoms with E-state index in [0.29, 0.717) is 30.4 Å². The largest absolute Gasteiger partial charge is 0.416 e. The molecule has 0 aliphatic rings. The number of aromatic nitrogens is 3. The molecule has 0 fully saturated rings. The molecule has 1 N–H and O–H groups in total. The Morgan fingerprint density at radius 2 is 1.86 bits per heavy atom. The number of para-hydroxylation sites is 1. The van der Waals surface area contributed by atoms with Crippen LogP contribution in [-0.2, 0) is 12.6 Å². The lowest BCUT2D eigenvalue weighted by molar-refractivity contribution is -0.388. The maximum absolute atomic E-state index is 12.9. The summed E-state index contributed by atoms with van der Waals surface area (Å²) in [5.74, 6) is 0.530. The summed E-state index contributed by atoms with van der Waals surface area (Å²) in [5, 5.41) is 28.9. The van der Waals surface area contributed by atoms with Crippen LogP contribution in [0.15, 0.2) is 58.6 Å². The van der Waals surface area contributed by atoms with Gasteiger partial charge in [-0.1, -0.05) is 18.2 Å². The van der Waals surface area contributed by atoms with Crippen LogP contribution in [0.2, 0.25) is 0 Å². The van der Waals surface area contributed by atoms with Gasteiger partial charge >= 0.3 is 6.18 Å². The number of rotatable bonds is 7. The van der Waals surface area contributed by atoms with E-state index in [1.165, 1.54) is 0 Å². The van der Waals surface area contributed by atoms with Gasteiger partial charge in [0.2, 0.25) is 5.16 Å². The lowest BCUT2D eigenvalue weighted by atomic mass is 10.2.